The van der Waals surface area contributed by atoms with Crippen LogP contribution in [0.1, 0.15) is 31.9 Å². The normalized spacial score (nSPS) is 14.2. The molecule has 1 aromatic carbocycles. The van der Waals surface area contributed by atoms with Crippen molar-refractivity contribution in [2.24, 2.45) is 5.73 Å². The van der Waals surface area contributed by atoms with E-state index >= 15 is 0 Å². The summed E-state index contributed by atoms with van der Waals surface area (Å²) in [6.45, 7) is 3.81. The molecule has 0 aliphatic carbocycles. The van der Waals surface area contributed by atoms with Crippen LogP contribution in [0.15, 0.2) is 24.3 Å². The van der Waals surface area contributed by atoms with Gasteiger partial charge in [0.2, 0.25) is 5.91 Å². The molecule has 0 aliphatic heterocycles. The Balaban J connectivity index is 2.62. The molecule has 16 heavy (non-hydrogen) atoms. The van der Waals surface area contributed by atoms with Gasteiger partial charge in [-0.25, -0.2) is 0 Å². The summed E-state index contributed by atoms with van der Waals surface area (Å²) in [4.78, 5) is 11.6. The first-order valence-electron chi connectivity index (χ1n) is 5.36. The van der Waals surface area contributed by atoms with Gasteiger partial charge in [0.1, 0.15) is 0 Å². The molecule has 0 bridgehead atoms. The van der Waals surface area contributed by atoms with Crippen LogP contribution in [-0.4, -0.2) is 11.9 Å². The smallest absolute Gasteiger partial charge is 0.237 e. The molecule has 1 unspecified atom stereocenters. The Morgan fingerprint density at radius 2 is 2.00 bits per heavy atom. The maximum Gasteiger partial charge on any atom is 0.237 e. The SMILES string of the molecule is CCC(N)C(=O)N[C@H](C)c1ccc(Cl)cc1. The van der Waals surface area contributed by atoms with Crippen molar-refractivity contribution in [1.82, 2.24) is 5.32 Å². The molecule has 0 saturated carbocycles. The lowest BCUT2D eigenvalue weighted by atomic mass is 10.1. The van der Waals surface area contributed by atoms with Crippen LogP contribution in [-0.2, 0) is 4.79 Å². The standard InChI is InChI=1S/C12H17ClN2O/c1-3-11(14)12(16)15-8(2)9-4-6-10(13)7-5-9/h4-8,11H,3,14H2,1-2H3,(H,15,16)/t8-,11?/m1/s1. The lowest BCUT2D eigenvalue weighted by molar-refractivity contribution is -0.123. The van der Waals surface area contributed by atoms with Gasteiger partial charge in [-0.3, -0.25) is 4.79 Å². The Bertz CT molecular complexity index is 351. The Hall–Kier alpha value is -1.06. The van der Waals surface area contributed by atoms with Crippen molar-refractivity contribution < 1.29 is 4.79 Å². The zero-order valence-electron chi connectivity index (χ0n) is 9.53. The molecule has 0 saturated heterocycles. The fraction of sp³-hybridized carbons (Fsp3) is 0.417. The second-order valence-corrected chi connectivity index (χ2v) is 4.23. The van der Waals surface area contributed by atoms with E-state index in [2.05, 4.69) is 5.32 Å². The van der Waals surface area contributed by atoms with Crippen LogP contribution < -0.4 is 11.1 Å². The first-order chi connectivity index (χ1) is 7.54. The predicted octanol–water partition coefficient (Wildman–Crippen LogP) is 2.25. The molecule has 0 spiro atoms. The van der Waals surface area contributed by atoms with Gasteiger partial charge in [0, 0.05) is 5.02 Å². The minimum atomic E-state index is -0.435. The number of rotatable bonds is 4. The number of nitrogens with one attached hydrogen (secondary N) is 1. The molecule has 1 aromatic rings. The van der Waals surface area contributed by atoms with Gasteiger partial charge in [-0.05, 0) is 31.0 Å². The molecule has 0 aliphatic rings. The van der Waals surface area contributed by atoms with Crippen molar-refractivity contribution in [3.8, 4) is 0 Å². The Morgan fingerprint density at radius 1 is 1.44 bits per heavy atom. The summed E-state index contributed by atoms with van der Waals surface area (Å²) in [6.07, 6.45) is 0.638. The topological polar surface area (TPSA) is 55.1 Å². The highest BCUT2D eigenvalue weighted by atomic mass is 35.5. The maximum atomic E-state index is 11.6. The summed E-state index contributed by atoms with van der Waals surface area (Å²) in [6, 6.07) is 6.91. The van der Waals surface area contributed by atoms with E-state index in [9.17, 15) is 4.79 Å². The van der Waals surface area contributed by atoms with Gasteiger partial charge in [0.15, 0.2) is 0 Å². The third kappa shape index (κ3) is 3.51. The molecular weight excluding hydrogens is 224 g/mol. The summed E-state index contributed by atoms with van der Waals surface area (Å²) in [7, 11) is 0. The second kappa shape index (κ2) is 5.87. The molecule has 88 valence electrons. The number of nitrogens with two attached hydrogens (primary N) is 1. The van der Waals surface area contributed by atoms with E-state index in [1.807, 2.05) is 26.0 Å². The summed E-state index contributed by atoms with van der Waals surface area (Å²) < 4.78 is 0. The molecule has 1 rings (SSSR count). The molecule has 0 radical (unpaired) electrons. The van der Waals surface area contributed by atoms with Crippen LogP contribution in [0.4, 0.5) is 0 Å². The van der Waals surface area contributed by atoms with Gasteiger partial charge in [-0.1, -0.05) is 30.7 Å². The lowest BCUT2D eigenvalue weighted by Gasteiger charge is -2.17. The highest BCUT2D eigenvalue weighted by molar-refractivity contribution is 6.30. The molecule has 0 fully saturated rings. The number of hydrogen-bond acceptors (Lipinski definition) is 2. The first kappa shape index (κ1) is 13.0. The van der Waals surface area contributed by atoms with Crippen LogP contribution in [0.25, 0.3) is 0 Å². The number of amides is 1. The fourth-order valence-corrected chi connectivity index (χ4v) is 1.47. The Morgan fingerprint density at radius 3 is 2.50 bits per heavy atom. The van der Waals surface area contributed by atoms with Crippen LogP contribution in [0.5, 0.6) is 0 Å². The van der Waals surface area contributed by atoms with E-state index in [1.54, 1.807) is 12.1 Å². The minimum absolute atomic E-state index is 0.0534. The number of hydrogen-bond donors (Lipinski definition) is 2. The monoisotopic (exact) mass is 240 g/mol. The minimum Gasteiger partial charge on any atom is -0.348 e. The molecule has 2 atom stereocenters. The van der Waals surface area contributed by atoms with E-state index in [0.29, 0.717) is 11.4 Å². The average molecular weight is 241 g/mol. The molecule has 1 amide bonds. The van der Waals surface area contributed by atoms with Gasteiger partial charge in [-0.15, -0.1) is 0 Å². The quantitative estimate of drug-likeness (QED) is 0.848. The average Bonchev–Trinajstić information content (AvgIpc) is 2.28. The zero-order chi connectivity index (χ0) is 12.1. The van der Waals surface area contributed by atoms with Crippen molar-refractivity contribution >= 4 is 17.5 Å². The zero-order valence-corrected chi connectivity index (χ0v) is 10.3. The maximum absolute atomic E-state index is 11.6. The third-order valence-electron chi connectivity index (χ3n) is 2.51. The van der Waals surface area contributed by atoms with Gasteiger partial charge >= 0.3 is 0 Å². The van der Waals surface area contributed by atoms with Crippen LogP contribution in [0, 0.1) is 0 Å². The highest BCUT2D eigenvalue weighted by Gasteiger charge is 2.14. The predicted molar refractivity (Wildman–Crippen MR) is 66.3 cm³/mol. The number of benzene rings is 1. The molecule has 0 heterocycles. The largest absolute Gasteiger partial charge is 0.348 e. The number of halogens is 1. The fourth-order valence-electron chi connectivity index (χ4n) is 1.34. The molecule has 3 N–H and O–H groups in total. The van der Waals surface area contributed by atoms with Crippen molar-refractivity contribution in [2.75, 3.05) is 0 Å². The van der Waals surface area contributed by atoms with Crippen molar-refractivity contribution in [3.63, 3.8) is 0 Å². The van der Waals surface area contributed by atoms with Crippen molar-refractivity contribution in [3.05, 3.63) is 34.9 Å². The second-order valence-electron chi connectivity index (χ2n) is 3.80. The summed E-state index contributed by atoms with van der Waals surface area (Å²) in [5, 5.41) is 3.55. The van der Waals surface area contributed by atoms with E-state index in [0.717, 1.165) is 5.56 Å². The Labute approximate surface area is 101 Å². The number of carbonyl (C=O) groups excluding carboxylic acids is 1. The van der Waals surface area contributed by atoms with Crippen molar-refractivity contribution in [2.45, 2.75) is 32.4 Å². The summed E-state index contributed by atoms with van der Waals surface area (Å²) >= 11 is 5.79. The third-order valence-corrected chi connectivity index (χ3v) is 2.76. The molecule has 0 aromatic heterocycles. The summed E-state index contributed by atoms with van der Waals surface area (Å²) in [5.41, 5.74) is 6.65. The Kier molecular flexibility index (Phi) is 4.77. The lowest BCUT2D eigenvalue weighted by Crippen LogP contribution is -2.41. The first-order valence-corrected chi connectivity index (χ1v) is 5.73. The van der Waals surface area contributed by atoms with Gasteiger partial charge < -0.3 is 11.1 Å². The van der Waals surface area contributed by atoms with Gasteiger partial charge in [0.25, 0.3) is 0 Å². The van der Waals surface area contributed by atoms with Crippen molar-refractivity contribution in [1.29, 1.82) is 0 Å². The van der Waals surface area contributed by atoms with E-state index in [1.165, 1.54) is 0 Å². The van der Waals surface area contributed by atoms with Gasteiger partial charge in [-0.2, -0.15) is 0 Å². The van der Waals surface area contributed by atoms with E-state index in [-0.39, 0.29) is 11.9 Å². The van der Waals surface area contributed by atoms with Gasteiger partial charge in [0.05, 0.1) is 12.1 Å². The van der Waals surface area contributed by atoms with Crippen LogP contribution in [0.2, 0.25) is 5.02 Å². The summed E-state index contributed by atoms with van der Waals surface area (Å²) in [5.74, 6) is -0.120. The molecule has 3 nitrogen and oxygen atoms in total. The van der Waals surface area contributed by atoms with E-state index in [4.69, 9.17) is 17.3 Å². The highest BCUT2D eigenvalue weighted by Crippen LogP contribution is 2.15. The van der Waals surface area contributed by atoms with E-state index < -0.39 is 6.04 Å². The molecular formula is C12H17ClN2O. The number of carbonyl (C=O) groups is 1. The van der Waals surface area contributed by atoms with Crippen LogP contribution >= 0.6 is 11.6 Å². The van der Waals surface area contributed by atoms with Crippen LogP contribution in [0.3, 0.4) is 0 Å². The molecule has 4 heteroatoms.